The van der Waals surface area contributed by atoms with E-state index in [1.54, 1.807) is 0 Å². The monoisotopic (exact) mass is 456 g/mol. The van der Waals surface area contributed by atoms with Gasteiger partial charge < -0.3 is 18.9 Å². The summed E-state index contributed by atoms with van der Waals surface area (Å²) >= 11 is 2.28. The normalized spacial score (nSPS) is 25.8. The van der Waals surface area contributed by atoms with Crippen LogP contribution in [0.4, 0.5) is 0 Å². The molecule has 0 N–H and O–H groups in total. The van der Waals surface area contributed by atoms with Gasteiger partial charge in [-0.2, -0.15) is 0 Å². The molecule has 10 heteroatoms. The lowest BCUT2D eigenvalue weighted by atomic mass is 10.00. The Bertz CT molecular complexity index is 769. The van der Waals surface area contributed by atoms with Crippen LogP contribution in [0.3, 0.4) is 0 Å². The third-order valence-electron chi connectivity index (χ3n) is 3.94. The Labute approximate surface area is 183 Å². The summed E-state index contributed by atoms with van der Waals surface area (Å²) < 4.78 is 22.4. The van der Waals surface area contributed by atoms with Crippen LogP contribution in [-0.4, -0.2) is 58.6 Å². The summed E-state index contributed by atoms with van der Waals surface area (Å²) in [6, 6.07) is 9.27. The average molecular weight is 457 g/mol. The zero-order chi connectivity index (χ0) is 22.3. The average Bonchev–Trinajstić information content (AvgIpc) is 2.64. The predicted octanol–water partition coefficient (Wildman–Crippen LogP) is 2.58. The fourth-order valence-electron chi connectivity index (χ4n) is 2.92. The molecule has 1 aliphatic heterocycles. The van der Waals surface area contributed by atoms with Crippen molar-refractivity contribution in [2.45, 2.75) is 62.4 Å². The van der Waals surface area contributed by atoms with E-state index in [0.717, 1.165) is 16.7 Å². The topological polar surface area (TPSA) is 105 Å². The Morgan fingerprint density at radius 3 is 1.90 bits per heavy atom. The van der Waals surface area contributed by atoms with Gasteiger partial charge in [0.05, 0.1) is 0 Å². The SMILES string of the molecule is CC(=O)O[C@@H]1[C@H](OC(C)=O)[C@@H](Sc2ccccc2)O[C@H](CSC(C)=O)[C@H]1OC(C)=O. The molecule has 0 bridgehead atoms. The Morgan fingerprint density at radius 2 is 1.37 bits per heavy atom. The molecule has 0 amide bonds. The van der Waals surface area contributed by atoms with Crippen molar-refractivity contribution >= 4 is 46.5 Å². The molecule has 2 rings (SSSR count). The van der Waals surface area contributed by atoms with Crippen molar-refractivity contribution in [3.05, 3.63) is 30.3 Å². The quantitative estimate of drug-likeness (QED) is 0.449. The summed E-state index contributed by atoms with van der Waals surface area (Å²) in [5.74, 6) is -1.67. The van der Waals surface area contributed by atoms with Gasteiger partial charge in [-0.1, -0.05) is 41.7 Å². The number of rotatable bonds is 7. The van der Waals surface area contributed by atoms with Crippen molar-refractivity contribution in [1.82, 2.24) is 0 Å². The van der Waals surface area contributed by atoms with E-state index in [9.17, 15) is 19.2 Å². The fourth-order valence-corrected chi connectivity index (χ4v) is 4.71. The molecule has 5 atom stereocenters. The molecule has 164 valence electrons. The second-order valence-electron chi connectivity index (χ2n) is 6.50. The van der Waals surface area contributed by atoms with Gasteiger partial charge in [0.2, 0.25) is 0 Å². The molecular weight excluding hydrogens is 432 g/mol. The highest BCUT2D eigenvalue weighted by Gasteiger charge is 2.52. The molecule has 1 aliphatic rings. The van der Waals surface area contributed by atoms with E-state index >= 15 is 0 Å². The summed E-state index contributed by atoms with van der Waals surface area (Å²) in [6.07, 6.45) is -3.93. The van der Waals surface area contributed by atoms with E-state index in [2.05, 4.69) is 0 Å². The maximum Gasteiger partial charge on any atom is 0.303 e. The molecule has 0 unspecified atom stereocenters. The number of carbonyl (C=O) groups is 4. The molecule has 0 aliphatic carbocycles. The zero-order valence-electron chi connectivity index (χ0n) is 17.1. The van der Waals surface area contributed by atoms with Gasteiger partial charge in [0.25, 0.3) is 0 Å². The third kappa shape index (κ3) is 7.33. The lowest BCUT2D eigenvalue weighted by Gasteiger charge is -2.44. The summed E-state index contributed by atoms with van der Waals surface area (Å²) in [5.41, 5.74) is -0.759. The minimum Gasteiger partial charge on any atom is -0.456 e. The van der Waals surface area contributed by atoms with Crippen LogP contribution < -0.4 is 0 Å². The number of thioether (sulfide) groups is 2. The molecule has 1 heterocycles. The number of carbonyl (C=O) groups excluding carboxylic acids is 4. The van der Waals surface area contributed by atoms with Crippen LogP contribution in [0.1, 0.15) is 27.7 Å². The van der Waals surface area contributed by atoms with E-state index in [4.69, 9.17) is 18.9 Å². The highest BCUT2D eigenvalue weighted by atomic mass is 32.2. The molecular formula is C20H24O8S2. The Hall–Kier alpha value is -2.04. The highest BCUT2D eigenvalue weighted by Crippen LogP contribution is 2.38. The fraction of sp³-hybridized carbons (Fsp3) is 0.500. The predicted molar refractivity (Wildman–Crippen MR) is 111 cm³/mol. The first-order valence-electron chi connectivity index (χ1n) is 9.19. The minimum atomic E-state index is -1.09. The van der Waals surface area contributed by atoms with Crippen LogP contribution >= 0.6 is 23.5 Å². The Morgan fingerprint density at radius 1 is 0.833 bits per heavy atom. The first-order chi connectivity index (χ1) is 14.2. The summed E-state index contributed by atoms with van der Waals surface area (Å²) in [5, 5.41) is -0.140. The van der Waals surface area contributed by atoms with Gasteiger partial charge in [0.1, 0.15) is 11.5 Å². The van der Waals surface area contributed by atoms with Crippen molar-refractivity contribution < 1.29 is 38.1 Å². The Kier molecular flexibility index (Phi) is 9.19. The van der Waals surface area contributed by atoms with Gasteiger partial charge in [-0.15, -0.1) is 0 Å². The number of hydrogen-bond donors (Lipinski definition) is 0. The van der Waals surface area contributed by atoms with Crippen LogP contribution in [0, 0.1) is 0 Å². The molecule has 0 aromatic heterocycles. The maximum atomic E-state index is 11.8. The van der Waals surface area contributed by atoms with Gasteiger partial charge in [-0.3, -0.25) is 19.2 Å². The number of ether oxygens (including phenoxy) is 4. The molecule has 1 saturated heterocycles. The van der Waals surface area contributed by atoms with Gasteiger partial charge in [0, 0.05) is 38.3 Å². The number of benzene rings is 1. The summed E-state index contributed by atoms with van der Waals surface area (Å²) in [4.78, 5) is 47.6. The van der Waals surface area contributed by atoms with Gasteiger partial charge in [-0.05, 0) is 12.1 Å². The van der Waals surface area contributed by atoms with E-state index in [-0.39, 0.29) is 10.9 Å². The van der Waals surface area contributed by atoms with Crippen molar-refractivity contribution in [3.8, 4) is 0 Å². The number of esters is 3. The molecule has 1 fully saturated rings. The van der Waals surface area contributed by atoms with Crippen LogP contribution in [0.15, 0.2) is 35.2 Å². The lowest BCUT2D eigenvalue weighted by Crippen LogP contribution is -2.61. The minimum absolute atomic E-state index is 0.140. The van der Waals surface area contributed by atoms with Crippen molar-refractivity contribution in [3.63, 3.8) is 0 Å². The molecule has 0 radical (unpaired) electrons. The zero-order valence-corrected chi connectivity index (χ0v) is 18.7. The molecule has 1 aromatic rings. The molecule has 1 aromatic carbocycles. The maximum absolute atomic E-state index is 11.8. The van der Waals surface area contributed by atoms with Crippen LogP contribution in [0.5, 0.6) is 0 Å². The van der Waals surface area contributed by atoms with Gasteiger partial charge in [-0.25, -0.2) is 0 Å². The molecule has 0 spiro atoms. The number of hydrogen-bond acceptors (Lipinski definition) is 10. The largest absolute Gasteiger partial charge is 0.456 e. The standard InChI is InChI=1S/C20H24O8S2/c1-11(21)25-17-16(10-29-14(4)24)28-20(30-15-8-6-5-7-9-15)19(27-13(3)23)18(17)26-12(2)22/h5-9,16-20H,10H2,1-4H3/t16-,17-,18+,19+,20-/m1/s1. The second kappa shape index (κ2) is 11.4. The van der Waals surface area contributed by atoms with Crippen molar-refractivity contribution in [2.75, 3.05) is 5.75 Å². The van der Waals surface area contributed by atoms with E-state index < -0.39 is 47.8 Å². The second-order valence-corrected chi connectivity index (χ2v) is 8.87. The summed E-state index contributed by atoms with van der Waals surface area (Å²) in [6.45, 7) is 5.07. The molecule has 30 heavy (non-hydrogen) atoms. The van der Waals surface area contributed by atoms with E-state index in [0.29, 0.717) is 0 Å². The van der Waals surface area contributed by atoms with Gasteiger partial charge >= 0.3 is 17.9 Å². The highest BCUT2D eigenvalue weighted by molar-refractivity contribution is 8.13. The van der Waals surface area contributed by atoms with Crippen LogP contribution in [0.25, 0.3) is 0 Å². The lowest BCUT2D eigenvalue weighted by molar-refractivity contribution is -0.228. The summed E-state index contributed by atoms with van der Waals surface area (Å²) in [7, 11) is 0. The molecule has 8 nitrogen and oxygen atoms in total. The smallest absolute Gasteiger partial charge is 0.303 e. The third-order valence-corrected chi connectivity index (χ3v) is 6.00. The first-order valence-corrected chi connectivity index (χ1v) is 11.1. The van der Waals surface area contributed by atoms with E-state index in [1.807, 2.05) is 30.3 Å². The molecule has 0 saturated carbocycles. The Balaban J connectivity index is 2.42. The van der Waals surface area contributed by atoms with E-state index in [1.165, 1.54) is 39.5 Å². The van der Waals surface area contributed by atoms with Crippen molar-refractivity contribution in [2.24, 2.45) is 0 Å². The van der Waals surface area contributed by atoms with Crippen LogP contribution in [-0.2, 0) is 38.1 Å². The first kappa shape index (κ1) is 24.2. The van der Waals surface area contributed by atoms with Crippen molar-refractivity contribution in [1.29, 1.82) is 0 Å². The van der Waals surface area contributed by atoms with Gasteiger partial charge in [0.15, 0.2) is 23.4 Å². The van der Waals surface area contributed by atoms with Crippen LogP contribution in [0.2, 0.25) is 0 Å².